The summed E-state index contributed by atoms with van der Waals surface area (Å²) in [4.78, 5) is 11.7. The number of nitrogens with zero attached hydrogens (tertiary/aromatic N) is 3. The molecule has 3 saturated heterocycles. The summed E-state index contributed by atoms with van der Waals surface area (Å²) in [7, 11) is 1.88. The Morgan fingerprint density at radius 1 is 1.15 bits per heavy atom. The van der Waals surface area contributed by atoms with Crippen LogP contribution >= 0.6 is 24.0 Å². The number of hydrogen-bond donors (Lipinski definition) is 1. The first kappa shape index (κ1) is 18.9. The van der Waals surface area contributed by atoms with E-state index in [1.807, 2.05) is 13.1 Å². The summed E-state index contributed by atoms with van der Waals surface area (Å²) in [6.07, 6.45) is 4.39. The van der Waals surface area contributed by atoms with Crippen LogP contribution in [0.5, 0.6) is 0 Å². The van der Waals surface area contributed by atoms with Gasteiger partial charge in [0.15, 0.2) is 5.96 Å². The SMILES string of the molecule is CN=C(NCCc1ccc2ccccc2n1)N1CC2C3CCC(O3)C2C1.I. The maximum absolute atomic E-state index is 6.08. The third-order valence-electron chi connectivity index (χ3n) is 6.28. The van der Waals surface area contributed by atoms with Gasteiger partial charge in [-0.2, -0.15) is 0 Å². The highest BCUT2D eigenvalue weighted by Crippen LogP contribution is 2.47. The highest BCUT2D eigenvalue weighted by molar-refractivity contribution is 14.0. The molecule has 2 aromatic rings. The summed E-state index contributed by atoms with van der Waals surface area (Å²) >= 11 is 0. The van der Waals surface area contributed by atoms with Crippen molar-refractivity contribution in [2.45, 2.75) is 31.5 Å². The fourth-order valence-electron chi connectivity index (χ4n) is 5.02. The molecule has 4 heterocycles. The van der Waals surface area contributed by atoms with E-state index in [2.05, 4.69) is 45.5 Å². The van der Waals surface area contributed by atoms with Crippen molar-refractivity contribution in [2.24, 2.45) is 16.8 Å². The number of hydrogen-bond acceptors (Lipinski definition) is 3. The molecule has 1 aromatic heterocycles. The Morgan fingerprint density at radius 2 is 1.89 bits per heavy atom. The maximum Gasteiger partial charge on any atom is 0.193 e. The molecule has 0 saturated carbocycles. The van der Waals surface area contributed by atoms with Gasteiger partial charge < -0.3 is 15.0 Å². The van der Waals surface area contributed by atoms with Crippen LogP contribution in [-0.4, -0.2) is 54.7 Å². The smallest absolute Gasteiger partial charge is 0.193 e. The van der Waals surface area contributed by atoms with E-state index >= 15 is 0 Å². The monoisotopic (exact) mass is 478 g/mol. The summed E-state index contributed by atoms with van der Waals surface area (Å²) in [6, 6.07) is 12.6. The first-order valence-corrected chi connectivity index (χ1v) is 9.77. The molecular formula is C21H27IN4O. The van der Waals surface area contributed by atoms with E-state index in [0.29, 0.717) is 24.0 Å². The quantitative estimate of drug-likeness (QED) is 0.419. The van der Waals surface area contributed by atoms with Crippen molar-refractivity contribution in [3.8, 4) is 0 Å². The average Bonchev–Trinajstić information content (AvgIpc) is 3.38. The van der Waals surface area contributed by atoms with Crippen molar-refractivity contribution in [2.75, 3.05) is 26.7 Å². The Kier molecular flexibility index (Phi) is 5.55. The number of aliphatic imine (C=N–C) groups is 1. The van der Waals surface area contributed by atoms with Gasteiger partial charge in [0.1, 0.15) is 0 Å². The summed E-state index contributed by atoms with van der Waals surface area (Å²) in [5.74, 6) is 2.43. The third-order valence-corrected chi connectivity index (χ3v) is 6.28. The van der Waals surface area contributed by atoms with Gasteiger partial charge in [-0.25, -0.2) is 0 Å². The van der Waals surface area contributed by atoms with Crippen LogP contribution in [0.4, 0.5) is 0 Å². The zero-order valence-electron chi connectivity index (χ0n) is 15.7. The van der Waals surface area contributed by atoms with Gasteiger partial charge in [0.25, 0.3) is 0 Å². The topological polar surface area (TPSA) is 49.8 Å². The van der Waals surface area contributed by atoms with Crippen molar-refractivity contribution in [1.82, 2.24) is 15.2 Å². The Bertz CT molecular complexity index is 824. The van der Waals surface area contributed by atoms with Crippen LogP contribution in [0.25, 0.3) is 10.9 Å². The van der Waals surface area contributed by atoms with Crippen LogP contribution in [0.3, 0.4) is 0 Å². The number of ether oxygens (including phenoxy) is 1. The predicted octanol–water partition coefficient (Wildman–Crippen LogP) is 3.08. The van der Waals surface area contributed by atoms with Gasteiger partial charge in [-0.05, 0) is 25.0 Å². The Morgan fingerprint density at radius 3 is 2.63 bits per heavy atom. The summed E-state index contributed by atoms with van der Waals surface area (Å²) in [5, 5.41) is 4.74. The normalized spacial score (nSPS) is 29.1. The molecule has 0 amide bonds. The molecule has 0 spiro atoms. The molecule has 1 N–H and O–H groups in total. The molecule has 0 aliphatic carbocycles. The number of rotatable bonds is 3. The van der Waals surface area contributed by atoms with E-state index in [1.165, 1.54) is 18.2 Å². The molecule has 27 heavy (non-hydrogen) atoms. The Hall–Kier alpha value is -1.41. The number of aromatic nitrogens is 1. The van der Waals surface area contributed by atoms with Crippen molar-refractivity contribution < 1.29 is 4.74 Å². The maximum atomic E-state index is 6.08. The lowest BCUT2D eigenvalue weighted by molar-refractivity contribution is 0.0767. The first-order valence-electron chi connectivity index (χ1n) is 9.77. The van der Waals surface area contributed by atoms with Crippen LogP contribution in [0.1, 0.15) is 18.5 Å². The molecule has 3 aliphatic heterocycles. The number of benzene rings is 1. The van der Waals surface area contributed by atoms with Crippen molar-refractivity contribution in [3.63, 3.8) is 0 Å². The van der Waals surface area contributed by atoms with Crippen molar-refractivity contribution in [3.05, 3.63) is 42.1 Å². The van der Waals surface area contributed by atoms with Crippen LogP contribution in [0.15, 0.2) is 41.4 Å². The summed E-state index contributed by atoms with van der Waals surface area (Å²) < 4.78 is 6.08. The third kappa shape index (κ3) is 3.53. The van der Waals surface area contributed by atoms with Gasteiger partial charge in [0.2, 0.25) is 0 Å². The van der Waals surface area contributed by atoms with E-state index < -0.39 is 0 Å². The minimum Gasteiger partial charge on any atom is -0.374 e. The molecule has 0 radical (unpaired) electrons. The van der Waals surface area contributed by atoms with E-state index in [1.54, 1.807) is 0 Å². The van der Waals surface area contributed by atoms with Gasteiger partial charge in [-0.1, -0.05) is 24.3 Å². The average molecular weight is 478 g/mol. The number of guanidine groups is 1. The largest absolute Gasteiger partial charge is 0.374 e. The highest BCUT2D eigenvalue weighted by atomic mass is 127. The molecule has 4 atom stereocenters. The standard InChI is InChI=1S/C21H26N4O.HI/c1-22-21(25-12-16-17(13-25)20-9-8-19(16)26-20)23-11-10-15-7-6-14-4-2-3-5-18(14)24-15;/h2-7,16-17,19-20H,8-13H2,1H3,(H,22,23);1H. The molecule has 6 heteroatoms. The van der Waals surface area contributed by atoms with Crippen LogP contribution in [-0.2, 0) is 11.2 Å². The lowest BCUT2D eigenvalue weighted by Gasteiger charge is -2.23. The van der Waals surface area contributed by atoms with Crippen LogP contribution in [0.2, 0.25) is 0 Å². The minimum absolute atomic E-state index is 0. The van der Waals surface area contributed by atoms with E-state index in [-0.39, 0.29) is 24.0 Å². The van der Waals surface area contributed by atoms with Gasteiger partial charge in [0.05, 0.1) is 17.7 Å². The predicted molar refractivity (Wildman–Crippen MR) is 119 cm³/mol. The van der Waals surface area contributed by atoms with Crippen LogP contribution < -0.4 is 5.32 Å². The number of nitrogens with one attached hydrogen (secondary N) is 1. The second-order valence-corrected chi connectivity index (χ2v) is 7.74. The van der Waals surface area contributed by atoms with Crippen molar-refractivity contribution >= 4 is 40.8 Å². The molecule has 5 rings (SSSR count). The van der Waals surface area contributed by atoms with E-state index in [4.69, 9.17) is 9.72 Å². The fraction of sp³-hybridized carbons (Fsp3) is 0.524. The Labute approximate surface area is 177 Å². The number of fused-ring (bicyclic) bond motifs is 6. The van der Waals surface area contributed by atoms with Gasteiger partial charge in [-0.3, -0.25) is 9.98 Å². The molecule has 144 valence electrons. The van der Waals surface area contributed by atoms with Crippen molar-refractivity contribution in [1.29, 1.82) is 0 Å². The van der Waals surface area contributed by atoms with Gasteiger partial charge >= 0.3 is 0 Å². The molecule has 3 fully saturated rings. The van der Waals surface area contributed by atoms with Gasteiger partial charge in [-0.15, -0.1) is 24.0 Å². The highest BCUT2D eigenvalue weighted by Gasteiger charge is 2.53. The molecule has 2 bridgehead atoms. The fourth-order valence-corrected chi connectivity index (χ4v) is 5.02. The molecular weight excluding hydrogens is 451 g/mol. The lowest BCUT2D eigenvalue weighted by atomic mass is 9.82. The zero-order chi connectivity index (χ0) is 17.5. The molecule has 5 nitrogen and oxygen atoms in total. The second kappa shape index (κ2) is 7.91. The first-order chi connectivity index (χ1) is 12.8. The van der Waals surface area contributed by atoms with Gasteiger partial charge in [0, 0.05) is 56.0 Å². The summed E-state index contributed by atoms with van der Waals surface area (Å²) in [5.41, 5.74) is 2.19. The Balaban J connectivity index is 0.00000180. The number of likely N-dealkylation sites (tertiary alicyclic amines) is 1. The molecule has 4 unspecified atom stereocenters. The lowest BCUT2D eigenvalue weighted by Crippen LogP contribution is -2.42. The van der Waals surface area contributed by atoms with E-state index in [0.717, 1.165) is 43.2 Å². The number of para-hydroxylation sites is 1. The zero-order valence-corrected chi connectivity index (χ0v) is 18.0. The van der Waals surface area contributed by atoms with E-state index in [9.17, 15) is 0 Å². The number of halogens is 1. The molecule has 1 aromatic carbocycles. The van der Waals surface area contributed by atoms with Crippen LogP contribution in [0, 0.1) is 11.8 Å². The second-order valence-electron chi connectivity index (χ2n) is 7.74. The molecule has 3 aliphatic rings. The number of pyridine rings is 1. The summed E-state index contributed by atoms with van der Waals surface area (Å²) in [6.45, 7) is 3.02. The minimum atomic E-state index is 0.